The molecule has 1 aromatic carbocycles. The molecular weight excluding hydrogens is 330 g/mol. The summed E-state index contributed by atoms with van der Waals surface area (Å²) in [7, 11) is 0. The highest BCUT2D eigenvalue weighted by molar-refractivity contribution is 5.95. The van der Waals surface area contributed by atoms with Crippen molar-refractivity contribution in [3.05, 3.63) is 69.3 Å². The maximum Gasteiger partial charge on any atom is 0.349 e. The average Bonchev–Trinajstić information content (AvgIpc) is 2.66. The molecule has 0 saturated carbocycles. The highest BCUT2D eigenvalue weighted by Gasteiger charge is 2.27. The van der Waals surface area contributed by atoms with Crippen LogP contribution < -0.4 is 5.63 Å². The summed E-state index contributed by atoms with van der Waals surface area (Å²) in [5.41, 5.74) is 1.38. The number of piperidine rings is 1. The van der Waals surface area contributed by atoms with Crippen molar-refractivity contribution in [3.63, 3.8) is 0 Å². The zero-order valence-electron chi connectivity index (χ0n) is 15.1. The number of carbonyl (C=O) groups excluding carboxylic acids is 1. The van der Waals surface area contributed by atoms with E-state index in [4.69, 9.17) is 4.42 Å². The molecule has 1 N–H and O–H groups in total. The fourth-order valence-electron chi connectivity index (χ4n) is 3.52. The highest BCUT2D eigenvalue weighted by atomic mass is 16.4. The Morgan fingerprint density at radius 3 is 2.73 bits per heavy atom. The molecule has 1 aromatic heterocycles. The van der Waals surface area contributed by atoms with E-state index in [0.717, 1.165) is 19.3 Å². The van der Waals surface area contributed by atoms with Gasteiger partial charge in [0.2, 0.25) is 0 Å². The Morgan fingerprint density at radius 1 is 1.27 bits per heavy atom. The lowest BCUT2D eigenvalue weighted by Gasteiger charge is -2.31. The smallest absolute Gasteiger partial charge is 0.349 e. The molecule has 3 rings (SSSR count). The van der Waals surface area contributed by atoms with E-state index < -0.39 is 5.63 Å². The maximum atomic E-state index is 12.8. The fraction of sp³-hybridized carbons (Fsp3) is 0.429. The number of carbonyl (C=O) groups is 1. The second-order valence-electron chi connectivity index (χ2n) is 6.99. The Labute approximate surface area is 153 Å². The fourth-order valence-corrected chi connectivity index (χ4v) is 3.52. The minimum Gasteiger partial charge on any atom is -0.427 e. The van der Waals surface area contributed by atoms with Crippen molar-refractivity contribution in [2.24, 2.45) is 5.92 Å². The number of hydrogen-bond acceptors (Lipinski definition) is 4. The Balaban J connectivity index is 1.74. The van der Waals surface area contributed by atoms with Gasteiger partial charge in [-0.3, -0.25) is 4.79 Å². The molecule has 0 radical (unpaired) electrons. The van der Waals surface area contributed by atoms with E-state index in [-0.39, 0.29) is 24.0 Å². The number of hydrogen-bond donors (Lipinski definition) is 1. The van der Waals surface area contributed by atoms with Crippen LogP contribution in [0.15, 0.2) is 45.6 Å². The second-order valence-corrected chi connectivity index (χ2v) is 6.99. The van der Waals surface area contributed by atoms with Crippen molar-refractivity contribution in [1.29, 1.82) is 0 Å². The summed E-state index contributed by atoms with van der Waals surface area (Å²) in [6.07, 6.45) is 3.15. The molecule has 138 valence electrons. The SMILES string of the molecule is Cc1cc(CCc2ccccc2)oc(=O)c1C(=O)N1CCCC(CO)C1. The Hall–Kier alpha value is -2.40. The van der Waals surface area contributed by atoms with Crippen LogP contribution in [0, 0.1) is 12.8 Å². The lowest BCUT2D eigenvalue weighted by Crippen LogP contribution is -2.42. The topological polar surface area (TPSA) is 70.8 Å². The van der Waals surface area contributed by atoms with Crippen molar-refractivity contribution in [1.82, 2.24) is 4.90 Å². The van der Waals surface area contributed by atoms with Crippen molar-refractivity contribution in [2.45, 2.75) is 32.6 Å². The molecule has 2 aromatic rings. The van der Waals surface area contributed by atoms with Crippen LogP contribution in [0.2, 0.25) is 0 Å². The normalized spacial score (nSPS) is 17.3. The lowest BCUT2D eigenvalue weighted by atomic mass is 9.98. The van der Waals surface area contributed by atoms with Gasteiger partial charge in [-0.25, -0.2) is 4.79 Å². The number of aliphatic hydroxyl groups is 1. The molecule has 5 nitrogen and oxygen atoms in total. The summed E-state index contributed by atoms with van der Waals surface area (Å²) >= 11 is 0. The van der Waals surface area contributed by atoms with Crippen LogP contribution in [0.4, 0.5) is 0 Å². The summed E-state index contributed by atoms with van der Waals surface area (Å²) in [6.45, 7) is 2.95. The van der Waals surface area contributed by atoms with Gasteiger partial charge in [-0.05, 0) is 49.3 Å². The van der Waals surface area contributed by atoms with Crippen LogP contribution >= 0.6 is 0 Å². The summed E-state index contributed by atoms with van der Waals surface area (Å²) in [5.74, 6) is 0.397. The first-order valence-corrected chi connectivity index (χ1v) is 9.16. The summed E-state index contributed by atoms with van der Waals surface area (Å²) in [6, 6.07) is 11.8. The predicted octanol–water partition coefficient (Wildman–Crippen LogP) is 2.58. The minimum absolute atomic E-state index is 0.0653. The van der Waals surface area contributed by atoms with Crippen molar-refractivity contribution in [3.8, 4) is 0 Å². The zero-order chi connectivity index (χ0) is 18.5. The van der Waals surface area contributed by atoms with Gasteiger partial charge in [0.25, 0.3) is 5.91 Å². The highest BCUT2D eigenvalue weighted by Crippen LogP contribution is 2.19. The minimum atomic E-state index is -0.566. The molecule has 1 saturated heterocycles. The first kappa shape index (κ1) is 18.4. The van der Waals surface area contributed by atoms with Gasteiger partial charge in [-0.15, -0.1) is 0 Å². The van der Waals surface area contributed by atoms with Gasteiger partial charge in [-0.2, -0.15) is 0 Å². The summed E-state index contributed by atoms with van der Waals surface area (Å²) in [5, 5.41) is 9.34. The third-order valence-corrected chi connectivity index (χ3v) is 4.98. The van der Waals surface area contributed by atoms with Crippen LogP contribution in [0.25, 0.3) is 0 Å². The van der Waals surface area contributed by atoms with E-state index >= 15 is 0 Å². The van der Waals surface area contributed by atoms with Gasteiger partial charge < -0.3 is 14.4 Å². The van der Waals surface area contributed by atoms with Crippen LogP contribution in [0.3, 0.4) is 0 Å². The summed E-state index contributed by atoms with van der Waals surface area (Å²) in [4.78, 5) is 26.9. The van der Waals surface area contributed by atoms with Crippen LogP contribution in [-0.4, -0.2) is 35.6 Å². The Kier molecular flexibility index (Phi) is 5.89. The van der Waals surface area contributed by atoms with Gasteiger partial charge in [0.05, 0.1) is 0 Å². The quantitative estimate of drug-likeness (QED) is 0.895. The number of likely N-dealkylation sites (tertiary alicyclic amines) is 1. The van der Waals surface area contributed by atoms with Crippen molar-refractivity contribution < 1.29 is 14.3 Å². The predicted molar refractivity (Wildman–Crippen MR) is 99.3 cm³/mol. The van der Waals surface area contributed by atoms with Gasteiger partial charge in [0.15, 0.2) is 0 Å². The Bertz CT molecular complexity index is 813. The molecule has 0 spiro atoms. The van der Waals surface area contributed by atoms with Crippen LogP contribution in [0.5, 0.6) is 0 Å². The number of amides is 1. The molecule has 1 aliphatic heterocycles. The van der Waals surface area contributed by atoms with E-state index in [9.17, 15) is 14.7 Å². The van der Waals surface area contributed by atoms with Gasteiger partial charge in [0.1, 0.15) is 11.3 Å². The number of rotatable bonds is 5. The number of nitrogens with zero attached hydrogens (tertiary/aromatic N) is 1. The lowest BCUT2D eigenvalue weighted by molar-refractivity contribution is 0.0615. The van der Waals surface area contributed by atoms with Crippen molar-refractivity contribution in [2.75, 3.05) is 19.7 Å². The molecule has 1 fully saturated rings. The van der Waals surface area contributed by atoms with Gasteiger partial charge in [-0.1, -0.05) is 30.3 Å². The molecule has 0 aliphatic carbocycles. The van der Waals surface area contributed by atoms with E-state index in [1.54, 1.807) is 17.9 Å². The van der Waals surface area contributed by atoms with Crippen molar-refractivity contribution >= 4 is 5.91 Å². The van der Waals surface area contributed by atoms with Crippen LogP contribution in [0.1, 0.15) is 40.1 Å². The first-order chi connectivity index (χ1) is 12.6. The van der Waals surface area contributed by atoms with E-state index in [2.05, 4.69) is 0 Å². The maximum absolute atomic E-state index is 12.8. The molecule has 1 unspecified atom stereocenters. The third-order valence-electron chi connectivity index (χ3n) is 4.98. The van der Waals surface area contributed by atoms with E-state index in [0.29, 0.717) is 30.8 Å². The Morgan fingerprint density at radius 2 is 2.04 bits per heavy atom. The van der Waals surface area contributed by atoms with E-state index in [1.807, 2.05) is 30.3 Å². The summed E-state index contributed by atoms with van der Waals surface area (Å²) < 4.78 is 5.42. The molecule has 26 heavy (non-hydrogen) atoms. The van der Waals surface area contributed by atoms with Gasteiger partial charge in [0, 0.05) is 26.1 Å². The number of benzene rings is 1. The standard InChI is InChI=1S/C21H25NO4/c1-15-12-18(10-9-16-6-3-2-4-7-16)26-21(25)19(15)20(24)22-11-5-8-17(13-22)14-23/h2-4,6-7,12,17,23H,5,8-11,13-14H2,1H3. The molecule has 0 bridgehead atoms. The first-order valence-electron chi connectivity index (χ1n) is 9.16. The van der Waals surface area contributed by atoms with Crippen LogP contribution in [-0.2, 0) is 12.8 Å². The zero-order valence-corrected chi connectivity index (χ0v) is 15.1. The molecule has 5 heteroatoms. The van der Waals surface area contributed by atoms with E-state index in [1.165, 1.54) is 5.56 Å². The second kappa shape index (κ2) is 8.32. The third kappa shape index (κ3) is 4.22. The molecule has 1 atom stereocenters. The average molecular weight is 355 g/mol. The number of aliphatic hydroxyl groups excluding tert-OH is 1. The molecule has 1 aliphatic rings. The van der Waals surface area contributed by atoms with Gasteiger partial charge >= 0.3 is 5.63 Å². The molecule has 2 heterocycles. The molecular formula is C21H25NO4. The largest absolute Gasteiger partial charge is 0.427 e. The number of aryl methyl sites for hydroxylation is 3. The monoisotopic (exact) mass is 355 g/mol. The molecule has 1 amide bonds.